The van der Waals surface area contributed by atoms with Crippen molar-refractivity contribution in [3.05, 3.63) is 17.0 Å². The van der Waals surface area contributed by atoms with Gasteiger partial charge in [-0.05, 0) is 27.2 Å². The van der Waals surface area contributed by atoms with Gasteiger partial charge in [0.2, 0.25) is 0 Å². The third kappa shape index (κ3) is 5.73. The summed E-state index contributed by atoms with van der Waals surface area (Å²) in [6, 6.07) is -1.41. The molecule has 1 atom stereocenters. The maximum Gasteiger partial charge on any atom is 0.403 e. The first kappa shape index (κ1) is 23.0. The molecule has 1 aromatic heterocycles. The average Bonchev–Trinajstić information content (AvgIpc) is 2.89. The van der Waals surface area contributed by atoms with Gasteiger partial charge in [0.25, 0.3) is 0 Å². The van der Waals surface area contributed by atoms with Gasteiger partial charge >= 0.3 is 6.18 Å². The predicted octanol–water partition coefficient (Wildman–Crippen LogP) is 2.60. The van der Waals surface area contributed by atoms with Crippen molar-refractivity contribution in [2.24, 2.45) is 4.99 Å². The average molecular weight is 489 g/mol. The topological polar surface area (TPSA) is 56.9 Å². The molecule has 26 heavy (non-hydrogen) atoms. The van der Waals surface area contributed by atoms with Crippen LogP contribution in [0.3, 0.4) is 0 Å². The molecule has 0 spiro atoms. The fraction of sp³-hybridized carbons (Fsp3) is 0.750. The van der Waals surface area contributed by atoms with E-state index >= 15 is 0 Å². The minimum atomic E-state index is -4.18. The summed E-state index contributed by atoms with van der Waals surface area (Å²) in [5.74, 6) is 1.52. The van der Waals surface area contributed by atoms with Gasteiger partial charge in [-0.3, -0.25) is 9.89 Å². The zero-order chi connectivity index (χ0) is 18.6. The van der Waals surface area contributed by atoms with Crippen molar-refractivity contribution in [2.45, 2.75) is 39.4 Å². The number of piperazine rings is 1. The number of aromatic nitrogens is 1. The summed E-state index contributed by atoms with van der Waals surface area (Å²) in [6.07, 6.45) is -3.43. The van der Waals surface area contributed by atoms with E-state index in [-0.39, 0.29) is 24.0 Å². The lowest BCUT2D eigenvalue weighted by Crippen LogP contribution is -2.56. The van der Waals surface area contributed by atoms with Gasteiger partial charge in [0.15, 0.2) is 5.96 Å². The Kier molecular flexibility index (Phi) is 8.64. The van der Waals surface area contributed by atoms with Crippen LogP contribution in [-0.4, -0.2) is 72.9 Å². The number of nitrogens with one attached hydrogen (secondary N) is 1. The molecule has 150 valence electrons. The molecule has 10 heteroatoms. The third-order valence-electron chi connectivity index (χ3n) is 4.69. The molecule has 1 aliphatic heterocycles. The Morgan fingerprint density at radius 1 is 1.27 bits per heavy atom. The van der Waals surface area contributed by atoms with Crippen LogP contribution in [0.2, 0.25) is 0 Å². The number of alkyl halides is 3. The van der Waals surface area contributed by atoms with Crippen molar-refractivity contribution in [3.63, 3.8) is 0 Å². The lowest BCUT2D eigenvalue weighted by molar-refractivity contribution is -0.181. The smallest absolute Gasteiger partial charge is 0.361 e. The van der Waals surface area contributed by atoms with Crippen molar-refractivity contribution in [3.8, 4) is 0 Å². The largest absolute Gasteiger partial charge is 0.403 e. The van der Waals surface area contributed by atoms with Crippen LogP contribution in [0.4, 0.5) is 13.2 Å². The van der Waals surface area contributed by atoms with Gasteiger partial charge in [-0.25, -0.2) is 0 Å². The number of hydrogen-bond donors (Lipinski definition) is 1. The highest BCUT2D eigenvalue weighted by Gasteiger charge is 2.41. The van der Waals surface area contributed by atoms with E-state index in [1.165, 1.54) is 11.8 Å². The van der Waals surface area contributed by atoms with Crippen LogP contribution in [0, 0.1) is 13.8 Å². The molecule has 0 amide bonds. The van der Waals surface area contributed by atoms with Crippen LogP contribution in [0.15, 0.2) is 9.52 Å². The van der Waals surface area contributed by atoms with Crippen molar-refractivity contribution in [1.82, 2.24) is 20.3 Å². The third-order valence-corrected chi connectivity index (χ3v) is 4.69. The summed E-state index contributed by atoms with van der Waals surface area (Å²) in [5, 5.41) is 7.20. The lowest BCUT2D eigenvalue weighted by Gasteiger charge is -2.39. The summed E-state index contributed by atoms with van der Waals surface area (Å²) in [6.45, 7) is 7.43. The maximum absolute atomic E-state index is 12.8. The summed E-state index contributed by atoms with van der Waals surface area (Å²) >= 11 is 0. The molecule has 1 saturated heterocycles. The van der Waals surface area contributed by atoms with E-state index in [0.29, 0.717) is 38.7 Å². The van der Waals surface area contributed by atoms with Crippen LogP contribution in [0.25, 0.3) is 0 Å². The number of halogens is 4. The monoisotopic (exact) mass is 489 g/mol. The number of aryl methyl sites for hydroxylation is 2. The fourth-order valence-corrected chi connectivity index (χ4v) is 3.02. The van der Waals surface area contributed by atoms with Gasteiger partial charge in [0, 0.05) is 45.3 Å². The Morgan fingerprint density at radius 2 is 1.88 bits per heavy atom. The highest BCUT2D eigenvalue weighted by atomic mass is 127. The molecule has 1 unspecified atom stereocenters. The van der Waals surface area contributed by atoms with Gasteiger partial charge in [-0.2, -0.15) is 13.2 Å². The van der Waals surface area contributed by atoms with Gasteiger partial charge in [-0.1, -0.05) is 5.16 Å². The van der Waals surface area contributed by atoms with Gasteiger partial charge < -0.3 is 14.7 Å². The van der Waals surface area contributed by atoms with E-state index in [2.05, 4.69) is 15.5 Å². The van der Waals surface area contributed by atoms with Gasteiger partial charge in [-0.15, -0.1) is 24.0 Å². The first-order valence-electron chi connectivity index (χ1n) is 8.42. The Labute approximate surface area is 169 Å². The minimum Gasteiger partial charge on any atom is -0.361 e. The number of aliphatic imine (C=N–C) groups is 1. The highest BCUT2D eigenvalue weighted by molar-refractivity contribution is 14.0. The zero-order valence-electron chi connectivity index (χ0n) is 15.6. The van der Waals surface area contributed by atoms with E-state index in [9.17, 15) is 13.2 Å². The Balaban J connectivity index is 0.00000338. The Hall–Kier alpha value is -1.04. The standard InChI is InChI=1S/C16H26F3N5O.HI/c1-11-14(12(2)25-22-11)5-6-21-15(20-4)24-9-7-23(8-10-24)13(3)16(17,18)19;/h13H,5-10H2,1-4H3,(H,20,21);1H. The molecule has 0 aromatic carbocycles. The molecule has 0 saturated carbocycles. The quantitative estimate of drug-likeness (QED) is 0.401. The van der Waals surface area contributed by atoms with Crippen LogP contribution in [0.1, 0.15) is 23.9 Å². The minimum absolute atomic E-state index is 0. The molecule has 0 radical (unpaired) electrons. The second-order valence-corrected chi connectivity index (χ2v) is 6.27. The van der Waals surface area contributed by atoms with E-state index in [1.807, 2.05) is 18.7 Å². The van der Waals surface area contributed by atoms with Crippen molar-refractivity contribution < 1.29 is 17.7 Å². The van der Waals surface area contributed by atoms with Crippen molar-refractivity contribution >= 4 is 29.9 Å². The SMILES string of the molecule is CN=C(NCCc1c(C)noc1C)N1CCN(C(C)C(F)(F)F)CC1.I. The van der Waals surface area contributed by atoms with Crippen LogP contribution < -0.4 is 5.32 Å². The summed E-state index contributed by atoms with van der Waals surface area (Å²) in [5.41, 5.74) is 1.95. The van der Waals surface area contributed by atoms with Crippen molar-refractivity contribution in [1.29, 1.82) is 0 Å². The summed E-state index contributed by atoms with van der Waals surface area (Å²) in [7, 11) is 1.68. The van der Waals surface area contributed by atoms with Crippen LogP contribution in [0.5, 0.6) is 0 Å². The highest BCUT2D eigenvalue weighted by Crippen LogP contribution is 2.25. The number of guanidine groups is 1. The molecular weight excluding hydrogens is 462 g/mol. The van der Waals surface area contributed by atoms with E-state index in [4.69, 9.17) is 4.52 Å². The first-order chi connectivity index (χ1) is 11.7. The second kappa shape index (κ2) is 9.77. The van der Waals surface area contributed by atoms with E-state index in [1.54, 1.807) is 7.05 Å². The van der Waals surface area contributed by atoms with Crippen molar-refractivity contribution in [2.75, 3.05) is 39.8 Å². The fourth-order valence-electron chi connectivity index (χ4n) is 3.02. The first-order valence-corrected chi connectivity index (χ1v) is 8.42. The normalized spacial score (nSPS) is 17.8. The predicted molar refractivity (Wildman–Crippen MR) is 105 cm³/mol. The molecule has 1 aromatic rings. The second-order valence-electron chi connectivity index (χ2n) is 6.27. The van der Waals surface area contributed by atoms with Crippen LogP contribution in [-0.2, 0) is 6.42 Å². The lowest BCUT2D eigenvalue weighted by atomic mass is 10.1. The Bertz CT molecular complexity index is 578. The molecular formula is C16H27F3IN5O. The molecule has 0 bridgehead atoms. The maximum atomic E-state index is 12.8. The zero-order valence-corrected chi connectivity index (χ0v) is 17.9. The molecule has 6 nitrogen and oxygen atoms in total. The van der Waals surface area contributed by atoms with Crippen LogP contribution >= 0.6 is 24.0 Å². The molecule has 1 N–H and O–H groups in total. The molecule has 2 rings (SSSR count). The van der Waals surface area contributed by atoms with E-state index in [0.717, 1.165) is 23.4 Å². The van der Waals surface area contributed by atoms with Gasteiger partial charge in [0.1, 0.15) is 11.8 Å². The van der Waals surface area contributed by atoms with Gasteiger partial charge in [0.05, 0.1) is 5.69 Å². The molecule has 1 fully saturated rings. The molecule has 0 aliphatic carbocycles. The summed E-state index contributed by atoms with van der Waals surface area (Å²) in [4.78, 5) is 7.70. The number of rotatable bonds is 4. The number of hydrogen-bond acceptors (Lipinski definition) is 4. The number of nitrogens with zero attached hydrogens (tertiary/aromatic N) is 4. The van der Waals surface area contributed by atoms with E-state index < -0.39 is 12.2 Å². The summed E-state index contributed by atoms with van der Waals surface area (Å²) < 4.78 is 43.6. The molecule has 2 heterocycles. The Morgan fingerprint density at radius 3 is 2.35 bits per heavy atom. The molecule has 1 aliphatic rings.